The highest BCUT2D eigenvalue weighted by Crippen LogP contribution is 2.31. The first-order valence-electron chi connectivity index (χ1n) is 4.81. The number of benzene rings is 1. The fraction of sp³-hybridized carbons (Fsp3) is 0.273. The van der Waals surface area contributed by atoms with Crippen LogP contribution in [0.25, 0.3) is 0 Å². The molecule has 5 nitrogen and oxygen atoms in total. The molecule has 0 fully saturated rings. The number of para-hydroxylation sites is 2. The molecule has 0 saturated heterocycles. The Balaban J connectivity index is 2.29. The lowest BCUT2D eigenvalue weighted by atomic mass is 10.2. The number of carbonyl (C=O) groups is 2. The van der Waals surface area contributed by atoms with E-state index < -0.39 is 5.97 Å². The summed E-state index contributed by atoms with van der Waals surface area (Å²) in [5.74, 6) is -0.0971. The molecule has 5 heteroatoms. The van der Waals surface area contributed by atoms with Gasteiger partial charge in [-0.25, -0.2) is 0 Å². The fourth-order valence-electron chi connectivity index (χ4n) is 1.52. The monoisotopic (exact) mass is 221 g/mol. The van der Waals surface area contributed by atoms with E-state index in [2.05, 4.69) is 4.74 Å². The molecule has 0 unspecified atom stereocenters. The van der Waals surface area contributed by atoms with E-state index in [1.165, 1.54) is 12.0 Å². The molecule has 84 valence electrons. The van der Waals surface area contributed by atoms with Crippen molar-refractivity contribution < 1.29 is 19.1 Å². The molecule has 0 aliphatic carbocycles. The van der Waals surface area contributed by atoms with Crippen molar-refractivity contribution in [1.82, 2.24) is 0 Å². The van der Waals surface area contributed by atoms with Crippen LogP contribution in [0.1, 0.15) is 0 Å². The van der Waals surface area contributed by atoms with Crippen molar-refractivity contribution in [2.45, 2.75) is 0 Å². The van der Waals surface area contributed by atoms with Crippen molar-refractivity contribution >= 4 is 17.6 Å². The Morgan fingerprint density at radius 1 is 1.50 bits per heavy atom. The number of esters is 1. The van der Waals surface area contributed by atoms with Crippen LogP contribution in [0, 0.1) is 0 Å². The van der Waals surface area contributed by atoms with Crippen LogP contribution in [-0.2, 0) is 14.3 Å². The van der Waals surface area contributed by atoms with Gasteiger partial charge in [0.05, 0.1) is 12.8 Å². The summed E-state index contributed by atoms with van der Waals surface area (Å²) in [6, 6.07) is 7.08. The second kappa shape index (κ2) is 4.22. The number of methoxy groups -OCH3 is 1. The number of fused-ring (bicyclic) bond motifs is 1. The van der Waals surface area contributed by atoms with Gasteiger partial charge < -0.3 is 9.47 Å². The molecule has 0 saturated carbocycles. The van der Waals surface area contributed by atoms with Gasteiger partial charge in [0, 0.05) is 0 Å². The maximum atomic E-state index is 11.6. The predicted octanol–water partition coefficient (Wildman–Crippen LogP) is 0.585. The lowest BCUT2D eigenvalue weighted by molar-refractivity contribution is -0.140. The van der Waals surface area contributed by atoms with E-state index in [0.717, 1.165) is 0 Å². The van der Waals surface area contributed by atoms with Crippen LogP contribution in [0.4, 0.5) is 5.69 Å². The van der Waals surface area contributed by atoms with Crippen molar-refractivity contribution in [3.05, 3.63) is 24.3 Å². The van der Waals surface area contributed by atoms with Crippen LogP contribution >= 0.6 is 0 Å². The summed E-state index contributed by atoms with van der Waals surface area (Å²) in [5.41, 5.74) is 0.601. The maximum absolute atomic E-state index is 11.6. The van der Waals surface area contributed by atoms with Gasteiger partial charge in [0.1, 0.15) is 12.3 Å². The summed E-state index contributed by atoms with van der Waals surface area (Å²) in [5, 5.41) is 0. The summed E-state index contributed by atoms with van der Waals surface area (Å²) in [6.45, 7) is -0.135. The summed E-state index contributed by atoms with van der Waals surface area (Å²) < 4.78 is 9.78. The van der Waals surface area contributed by atoms with Crippen molar-refractivity contribution in [3.8, 4) is 5.75 Å². The summed E-state index contributed by atoms with van der Waals surface area (Å²) in [6.07, 6.45) is 0. The molecule has 0 aromatic heterocycles. The molecule has 1 aliphatic heterocycles. The standard InChI is InChI=1S/C11H11NO4/c1-15-11(14)6-12-8-4-2-3-5-9(8)16-7-10(12)13/h2-5H,6-7H2,1H3. The SMILES string of the molecule is COC(=O)CN1C(=O)COc2ccccc21. The fourth-order valence-corrected chi connectivity index (χ4v) is 1.52. The zero-order valence-corrected chi connectivity index (χ0v) is 8.80. The Bertz CT molecular complexity index is 430. The molecule has 0 N–H and O–H groups in total. The van der Waals surface area contributed by atoms with Gasteiger partial charge in [-0.2, -0.15) is 0 Å². The molecule has 1 aromatic carbocycles. The largest absolute Gasteiger partial charge is 0.482 e. The summed E-state index contributed by atoms with van der Waals surface area (Å²) in [7, 11) is 1.29. The topological polar surface area (TPSA) is 55.8 Å². The molecule has 0 atom stereocenters. The van der Waals surface area contributed by atoms with Crippen molar-refractivity contribution in [2.75, 3.05) is 25.2 Å². The third-order valence-electron chi connectivity index (χ3n) is 2.32. The zero-order chi connectivity index (χ0) is 11.5. The minimum absolute atomic E-state index is 0.0476. The lowest BCUT2D eigenvalue weighted by Crippen LogP contribution is -2.42. The number of carbonyl (C=O) groups excluding carboxylic acids is 2. The van der Waals surface area contributed by atoms with Gasteiger partial charge in [0.2, 0.25) is 0 Å². The molecule has 1 aromatic rings. The predicted molar refractivity (Wildman–Crippen MR) is 56.3 cm³/mol. The van der Waals surface area contributed by atoms with Crippen LogP contribution in [0.5, 0.6) is 5.75 Å². The molecule has 1 heterocycles. The van der Waals surface area contributed by atoms with Gasteiger partial charge in [0.15, 0.2) is 6.61 Å². The Morgan fingerprint density at radius 3 is 3.00 bits per heavy atom. The third kappa shape index (κ3) is 1.84. The molecular weight excluding hydrogens is 210 g/mol. The van der Waals surface area contributed by atoms with Crippen LogP contribution in [0.2, 0.25) is 0 Å². The Hall–Kier alpha value is -2.04. The van der Waals surface area contributed by atoms with Gasteiger partial charge in [-0.3, -0.25) is 14.5 Å². The summed E-state index contributed by atoms with van der Waals surface area (Å²) in [4.78, 5) is 24.1. The smallest absolute Gasteiger partial charge is 0.325 e. The van der Waals surface area contributed by atoms with E-state index >= 15 is 0 Å². The molecule has 0 radical (unpaired) electrons. The zero-order valence-electron chi connectivity index (χ0n) is 8.80. The van der Waals surface area contributed by atoms with Crippen molar-refractivity contribution in [3.63, 3.8) is 0 Å². The molecule has 16 heavy (non-hydrogen) atoms. The Labute approximate surface area is 92.6 Å². The van der Waals surface area contributed by atoms with Gasteiger partial charge in [-0.1, -0.05) is 12.1 Å². The van der Waals surface area contributed by atoms with E-state index in [1.54, 1.807) is 18.2 Å². The molecule has 2 rings (SSSR count). The average molecular weight is 221 g/mol. The number of hydrogen-bond donors (Lipinski definition) is 0. The highest BCUT2D eigenvalue weighted by atomic mass is 16.5. The minimum atomic E-state index is -0.454. The minimum Gasteiger partial charge on any atom is -0.482 e. The van der Waals surface area contributed by atoms with Gasteiger partial charge in [0.25, 0.3) is 5.91 Å². The van der Waals surface area contributed by atoms with E-state index in [-0.39, 0.29) is 19.1 Å². The Kier molecular flexibility index (Phi) is 2.76. The number of nitrogens with zero attached hydrogens (tertiary/aromatic N) is 1. The van der Waals surface area contributed by atoms with Crippen LogP contribution < -0.4 is 9.64 Å². The first-order chi connectivity index (χ1) is 7.72. The van der Waals surface area contributed by atoms with Gasteiger partial charge in [-0.05, 0) is 12.1 Å². The molecule has 0 bridgehead atoms. The summed E-state index contributed by atoms with van der Waals surface area (Å²) >= 11 is 0. The molecular formula is C11H11NO4. The highest BCUT2D eigenvalue weighted by molar-refractivity contribution is 6.01. The van der Waals surface area contributed by atoms with Gasteiger partial charge in [-0.15, -0.1) is 0 Å². The number of hydrogen-bond acceptors (Lipinski definition) is 4. The van der Waals surface area contributed by atoms with Crippen LogP contribution in [-0.4, -0.2) is 32.1 Å². The molecule has 1 amide bonds. The molecule has 0 spiro atoms. The maximum Gasteiger partial charge on any atom is 0.325 e. The molecule has 1 aliphatic rings. The van der Waals surface area contributed by atoms with E-state index in [4.69, 9.17) is 4.74 Å². The van der Waals surface area contributed by atoms with Gasteiger partial charge >= 0.3 is 5.97 Å². The van der Waals surface area contributed by atoms with Crippen LogP contribution in [0.15, 0.2) is 24.3 Å². The number of rotatable bonds is 2. The third-order valence-corrected chi connectivity index (χ3v) is 2.32. The van der Waals surface area contributed by atoms with E-state index in [0.29, 0.717) is 11.4 Å². The second-order valence-electron chi connectivity index (χ2n) is 3.31. The lowest BCUT2D eigenvalue weighted by Gasteiger charge is -2.28. The second-order valence-corrected chi connectivity index (χ2v) is 3.31. The number of ether oxygens (including phenoxy) is 2. The first kappa shape index (κ1) is 10.5. The van der Waals surface area contributed by atoms with Crippen molar-refractivity contribution in [1.29, 1.82) is 0 Å². The van der Waals surface area contributed by atoms with E-state index in [1.807, 2.05) is 6.07 Å². The highest BCUT2D eigenvalue weighted by Gasteiger charge is 2.26. The Morgan fingerprint density at radius 2 is 2.25 bits per heavy atom. The van der Waals surface area contributed by atoms with E-state index in [9.17, 15) is 9.59 Å². The number of amides is 1. The average Bonchev–Trinajstić information content (AvgIpc) is 2.32. The van der Waals surface area contributed by atoms with Crippen molar-refractivity contribution in [2.24, 2.45) is 0 Å². The van der Waals surface area contributed by atoms with Crippen LogP contribution in [0.3, 0.4) is 0 Å². The first-order valence-corrected chi connectivity index (χ1v) is 4.81. The number of anilines is 1. The quantitative estimate of drug-likeness (QED) is 0.686. The normalized spacial score (nSPS) is 14.1.